The average Bonchev–Trinajstić information content (AvgIpc) is 2.84. The van der Waals surface area contributed by atoms with Gasteiger partial charge in [0, 0.05) is 16.8 Å². The van der Waals surface area contributed by atoms with Gasteiger partial charge in [-0.1, -0.05) is 30.3 Å². The fraction of sp³-hybridized carbons (Fsp3) is 0.0625. The molecule has 22 heavy (non-hydrogen) atoms. The summed E-state index contributed by atoms with van der Waals surface area (Å²) in [4.78, 5) is 12.2. The Balaban J connectivity index is 1.98. The van der Waals surface area contributed by atoms with E-state index in [1.165, 1.54) is 12.1 Å². The van der Waals surface area contributed by atoms with Crippen molar-refractivity contribution in [2.24, 2.45) is 5.73 Å². The topological polar surface area (TPSA) is 89.3 Å². The van der Waals surface area contributed by atoms with Crippen LogP contribution in [-0.2, 0) is 14.6 Å². The van der Waals surface area contributed by atoms with Gasteiger partial charge in [-0.3, -0.25) is 4.79 Å². The molecule has 0 atom stereocenters. The summed E-state index contributed by atoms with van der Waals surface area (Å²) in [6, 6.07) is 13.7. The number of para-hydroxylation sites is 1. The molecule has 3 rings (SSSR count). The number of hydrogen-bond acceptors (Lipinski definition) is 4. The van der Waals surface area contributed by atoms with E-state index in [0.29, 0.717) is 5.57 Å². The highest BCUT2D eigenvalue weighted by atomic mass is 32.2. The van der Waals surface area contributed by atoms with Gasteiger partial charge in [-0.2, -0.15) is 0 Å². The molecule has 1 aliphatic rings. The van der Waals surface area contributed by atoms with Gasteiger partial charge in [0.05, 0.1) is 4.90 Å². The zero-order valence-electron chi connectivity index (χ0n) is 11.6. The maximum Gasteiger partial charge on any atom is 0.256 e. The molecule has 0 radical (unpaired) electrons. The predicted molar refractivity (Wildman–Crippen MR) is 85.6 cm³/mol. The van der Waals surface area contributed by atoms with Crippen LogP contribution in [0.4, 0.5) is 5.69 Å². The zero-order chi connectivity index (χ0) is 15.7. The molecule has 0 spiro atoms. The molecule has 0 saturated heterocycles. The number of rotatable bonds is 3. The summed E-state index contributed by atoms with van der Waals surface area (Å²) in [5.74, 6) is -0.594. The Hall–Kier alpha value is -2.44. The molecule has 2 aromatic rings. The molecule has 1 aliphatic heterocycles. The number of carbonyl (C=O) groups excluding carboxylic acids is 1. The lowest BCUT2D eigenvalue weighted by molar-refractivity contribution is -0.110. The van der Waals surface area contributed by atoms with E-state index in [9.17, 15) is 13.2 Å². The van der Waals surface area contributed by atoms with E-state index in [1.54, 1.807) is 18.2 Å². The number of benzene rings is 2. The number of nitrogens with one attached hydrogen (secondary N) is 1. The van der Waals surface area contributed by atoms with Crippen molar-refractivity contribution in [1.82, 2.24) is 0 Å². The lowest BCUT2D eigenvalue weighted by Crippen LogP contribution is -2.14. The van der Waals surface area contributed by atoms with Crippen LogP contribution in [0.1, 0.15) is 11.1 Å². The summed E-state index contributed by atoms with van der Waals surface area (Å²) in [5.41, 5.74) is 8.15. The normalized spacial score (nSPS) is 15.7. The molecule has 2 aromatic carbocycles. The first-order chi connectivity index (χ1) is 10.5. The van der Waals surface area contributed by atoms with E-state index >= 15 is 0 Å². The van der Waals surface area contributed by atoms with Crippen LogP contribution in [-0.4, -0.2) is 20.2 Å². The number of nitrogens with two attached hydrogens (primary N) is 1. The Labute approximate surface area is 128 Å². The third-order valence-electron chi connectivity index (χ3n) is 3.48. The third-order valence-corrected chi connectivity index (χ3v) is 4.91. The minimum atomic E-state index is -3.42. The first-order valence-corrected chi connectivity index (χ1v) is 8.32. The van der Waals surface area contributed by atoms with Crippen LogP contribution in [0.3, 0.4) is 0 Å². The van der Waals surface area contributed by atoms with E-state index in [2.05, 4.69) is 5.32 Å². The molecule has 0 saturated carbocycles. The fourth-order valence-corrected chi connectivity index (χ4v) is 3.06. The van der Waals surface area contributed by atoms with Crippen LogP contribution in [0.2, 0.25) is 0 Å². The van der Waals surface area contributed by atoms with Crippen molar-refractivity contribution in [2.45, 2.75) is 4.90 Å². The van der Waals surface area contributed by atoms with Gasteiger partial charge in [-0.15, -0.1) is 0 Å². The Morgan fingerprint density at radius 1 is 1.05 bits per heavy atom. The molecule has 3 N–H and O–H groups in total. The second-order valence-electron chi connectivity index (χ2n) is 4.91. The molecular weight excluding hydrogens is 300 g/mol. The summed E-state index contributed by atoms with van der Waals surface area (Å²) in [6.07, 6.45) is 1.74. The molecule has 112 valence electrons. The zero-order valence-corrected chi connectivity index (χ0v) is 12.4. The predicted octanol–water partition coefficient (Wildman–Crippen LogP) is 1.87. The molecule has 0 aromatic heterocycles. The number of hydrogen-bond donors (Lipinski definition) is 2. The number of amides is 1. The lowest BCUT2D eigenvalue weighted by Gasteiger charge is -2.02. The van der Waals surface area contributed by atoms with E-state index < -0.39 is 15.7 Å². The molecule has 6 heteroatoms. The number of sulfone groups is 1. The van der Waals surface area contributed by atoms with Gasteiger partial charge in [-0.25, -0.2) is 8.42 Å². The molecule has 1 amide bonds. The molecule has 1 heterocycles. The summed E-state index contributed by atoms with van der Waals surface area (Å²) in [5, 5.41) is 2.79. The highest BCUT2D eigenvalue weighted by Crippen LogP contribution is 2.32. The van der Waals surface area contributed by atoms with Crippen LogP contribution in [0.15, 0.2) is 53.4 Å². The van der Waals surface area contributed by atoms with Gasteiger partial charge >= 0.3 is 0 Å². The van der Waals surface area contributed by atoms with E-state index in [1.807, 2.05) is 24.3 Å². The highest BCUT2D eigenvalue weighted by molar-refractivity contribution is 7.91. The Kier molecular flexibility index (Phi) is 3.56. The fourth-order valence-electron chi connectivity index (χ4n) is 2.32. The van der Waals surface area contributed by atoms with Crippen molar-refractivity contribution in [3.8, 4) is 0 Å². The molecule has 5 nitrogen and oxygen atoms in total. The molecule has 0 unspecified atom stereocenters. The molecule has 0 aliphatic carbocycles. The summed E-state index contributed by atoms with van der Waals surface area (Å²) < 4.78 is 23.3. The first-order valence-electron chi connectivity index (χ1n) is 6.66. The minimum absolute atomic E-state index is 0.167. The van der Waals surface area contributed by atoms with Gasteiger partial charge in [0.1, 0.15) is 5.88 Å². The van der Waals surface area contributed by atoms with Crippen LogP contribution < -0.4 is 11.1 Å². The van der Waals surface area contributed by atoms with Gasteiger partial charge in [-0.05, 0) is 29.8 Å². The smallest absolute Gasteiger partial charge is 0.256 e. The number of carbonyl (C=O) groups is 1. The minimum Gasteiger partial charge on any atom is -0.321 e. The van der Waals surface area contributed by atoms with Crippen LogP contribution in [0, 0.1) is 0 Å². The monoisotopic (exact) mass is 314 g/mol. The number of fused-ring (bicyclic) bond motifs is 1. The van der Waals surface area contributed by atoms with E-state index in [4.69, 9.17) is 5.73 Å². The standard InChI is InChI=1S/C16H14N2O3S/c17-10-22(20,21)12-7-5-11(6-8-12)9-14-13-3-1-2-4-15(13)18-16(14)19/h1-9H,10,17H2,(H,18,19). The largest absolute Gasteiger partial charge is 0.321 e. The summed E-state index contributed by atoms with van der Waals surface area (Å²) >= 11 is 0. The molecular formula is C16H14N2O3S. The second kappa shape index (κ2) is 5.40. The highest BCUT2D eigenvalue weighted by Gasteiger charge is 2.23. The van der Waals surface area contributed by atoms with Crippen LogP contribution in [0.25, 0.3) is 11.6 Å². The van der Waals surface area contributed by atoms with E-state index in [0.717, 1.165) is 16.8 Å². The van der Waals surface area contributed by atoms with Gasteiger partial charge in [0.15, 0.2) is 9.84 Å². The average molecular weight is 314 g/mol. The van der Waals surface area contributed by atoms with Gasteiger partial charge in [0.2, 0.25) is 0 Å². The second-order valence-corrected chi connectivity index (χ2v) is 6.94. The van der Waals surface area contributed by atoms with Crippen molar-refractivity contribution >= 4 is 33.1 Å². The maximum atomic E-state index is 12.0. The van der Waals surface area contributed by atoms with Crippen molar-refractivity contribution in [1.29, 1.82) is 0 Å². The molecule has 0 fully saturated rings. The SMILES string of the molecule is NCS(=O)(=O)c1ccc(C=C2C(=O)Nc3ccccc32)cc1. The van der Waals surface area contributed by atoms with Crippen molar-refractivity contribution < 1.29 is 13.2 Å². The maximum absolute atomic E-state index is 12.0. The van der Waals surface area contributed by atoms with Crippen LogP contribution in [0.5, 0.6) is 0 Å². The third kappa shape index (κ3) is 2.54. The first kappa shape index (κ1) is 14.5. The Morgan fingerprint density at radius 2 is 1.73 bits per heavy atom. The number of anilines is 1. The van der Waals surface area contributed by atoms with Gasteiger partial charge < -0.3 is 11.1 Å². The summed E-state index contributed by atoms with van der Waals surface area (Å²) in [6.45, 7) is 0. The lowest BCUT2D eigenvalue weighted by atomic mass is 10.0. The Bertz CT molecular complexity index is 869. The van der Waals surface area contributed by atoms with E-state index in [-0.39, 0.29) is 10.8 Å². The van der Waals surface area contributed by atoms with Crippen molar-refractivity contribution in [3.05, 3.63) is 59.7 Å². The quantitative estimate of drug-likeness (QED) is 0.846. The molecule has 0 bridgehead atoms. The Morgan fingerprint density at radius 3 is 2.41 bits per heavy atom. The van der Waals surface area contributed by atoms with Gasteiger partial charge in [0.25, 0.3) is 5.91 Å². The van der Waals surface area contributed by atoms with Crippen LogP contribution >= 0.6 is 0 Å². The van der Waals surface area contributed by atoms with Crippen molar-refractivity contribution in [3.63, 3.8) is 0 Å². The summed E-state index contributed by atoms with van der Waals surface area (Å²) in [7, 11) is -3.42. The van der Waals surface area contributed by atoms with Crippen molar-refractivity contribution in [2.75, 3.05) is 11.2 Å².